The molecule has 0 fully saturated rings. The van der Waals surface area contributed by atoms with Crippen LogP contribution in [0.15, 0.2) is 64.7 Å². The maximum atomic E-state index is 12.6. The van der Waals surface area contributed by atoms with Crippen LogP contribution in [-0.4, -0.2) is 19.0 Å². The van der Waals surface area contributed by atoms with Gasteiger partial charge in [-0.2, -0.15) is 13.2 Å². The van der Waals surface area contributed by atoms with Crippen molar-refractivity contribution in [1.82, 2.24) is 10.6 Å². The Morgan fingerprint density at radius 2 is 1.88 bits per heavy atom. The second kappa shape index (κ2) is 10.9. The Morgan fingerprint density at radius 3 is 2.46 bits per heavy atom. The molecule has 0 amide bonds. The largest absolute Gasteiger partial charge is 0.469 e. The molecule has 0 saturated heterocycles. The van der Waals surface area contributed by atoms with Gasteiger partial charge in [0.15, 0.2) is 5.96 Å². The molecule has 2 rings (SSSR count). The molecule has 0 aliphatic rings. The van der Waals surface area contributed by atoms with Gasteiger partial charge in [-0.1, -0.05) is 18.2 Å². The second-order valence-electron chi connectivity index (χ2n) is 5.29. The first-order valence-electron chi connectivity index (χ1n) is 7.80. The van der Waals surface area contributed by atoms with Gasteiger partial charge in [0.25, 0.3) is 0 Å². The summed E-state index contributed by atoms with van der Waals surface area (Å²) in [6.45, 7) is 5.05. The Kier molecular flexibility index (Phi) is 9.25. The van der Waals surface area contributed by atoms with E-state index in [2.05, 4.69) is 22.2 Å². The number of hydrogen-bond donors (Lipinski definition) is 2. The quantitative estimate of drug-likeness (QED) is 0.268. The van der Waals surface area contributed by atoms with E-state index < -0.39 is 11.7 Å². The monoisotopic (exact) mass is 479 g/mol. The molecule has 4 nitrogen and oxygen atoms in total. The summed E-state index contributed by atoms with van der Waals surface area (Å²) in [7, 11) is 0. The molecule has 1 aromatic carbocycles. The average molecular weight is 479 g/mol. The van der Waals surface area contributed by atoms with Crippen LogP contribution in [0, 0.1) is 0 Å². The number of nitrogens with one attached hydrogen (secondary N) is 2. The summed E-state index contributed by atoms with van der Waals surface area (Å²) in [6, 6.07) is 8.70. The molecule has 0 aliphatic heterocycles. The number of halogens is 4. The van der Waals surface area contributed by atoms with Crippen LogP contribution in [0.5, 0.6) is 0 Å². The normalized spacial score (nSPS) is 11.6. The third-order valence-corrected chi connectivity index (χ3v) is 3.36. The second-order valence-corrected chi connectivity index (χ2v) is 5.29. The Morgan fingerprint density at radius 1 is 1.15 bits per heavy atom. The van der Waals surface area contributed by atoms with Crippen LogP contribution in [0.3, 0.4) is 0 Å². The number of furan rings is 1. The third kappa shape index (κ3) is 7.51. The topological polar surface area (TPSA) is 49.6 Å². The molecule has 2 N–H and O–H groups in total. The van der Waals surface area contributed by atoms with Gasteiger partial charge < -0.3 is 15.1 Å². The number of hydrogen-bond acceptors (Lipinski definition) is 2. The summed E-state index contributed by atoms with van der Waals surface area (Å²) in [6.07, 6.45) is -0.319. The number of nitrogens with zero attached hydrogens (tertiary/aromatic N) is 1. The maximum Gasteiger partial charge on any atom is 0.416 e. The van der Waals surface area contributed by atoms with Gasteiger partial charge in [-0.15, -0.1) is 30.6 Å². The van der Waals surface area contributed by atoms with Gasteiger partial charge >= 0.3 is 6.18 Å². The van der Waals surface area contributed by atoms with Gasteiger partial charge in [0.1, 0.15) is 5.76 Å². The standard InChI is InChI=1S/C18H20F3N3O.HI/c1-2-10-22-17(23-11-9-16-4-3-12-25-16)24-13-14-5-7-15(8-6-14)18(19,20)21;/h2-8,12H,1,9-11,13H2,(H2,22,23,24);1H. The first-order chi connectivity index (χ1) is 12.0. The molecular weight excluding hydrogens is 458 g/mol. The van der Waals surface area contributed by atoms with Crippen LogP contribution < -0.4 is 10.6 Å². The van der Waals surface area contributed by atoms with Crippen LogP contribution in [0.1, 0.15) is 16.9 Å². The number of guanidine groups is 1. The number of aliphatic imine (C=N–C) groups is 1. The lowest BCUT2D eigenvalue weighted by Gasteiger charge is -2.11. The summed E-state index contributed by atoms with van der Waals surface area (Å²) in [5.74, 6) is 1.42. The zero-order valence-corrected chi connectivity index (χ0v) is 16.4. The van der Waals surface area contributed by atoms with Gasteiger partial charge in [-0.3, -0.25) is 0 Å². The van der Waals surface area contributed by atoms with E-state index in [4.69, 9.17) is 4.42 Å². The Balaban J connectivity index is 0.00000338. The van der Waals surface area contributed by atoms with E-state index in [0.717, 1.165) is 17.9 Å². The van der Waals surface area contributed by atoms with Crippen molar-refractivity contribution in [3.63, 3.8) is 0 Å². The fourth-order valence-electron chi connectivity index (χ4n) is 2.07. The minimum atomic E-state index is -4.33. The van der Waals surface area contributed by atoms with E-state index in [1.165, 1.54) is 12.1 Å². The van der Waals surface area contributed by atoms with Crippen molar-refractivity contribution in [3.8, 4) is 0 Å². The van der Waals surface area contributed by atoms with Crippen molar-refractivity contribution < 1.29 is 17.6 Å². The van der Waals surface area contributed by atoms with Gasteiger partial charge in [-0.05, 0) is 29.8 Å². The molecule has 8 heteroatoms. The molecule has 0 bridgehead atoms. The predicted molar refractivity (Wildman–Crippen MR) is 107 cm³/mol. The molecule has 0 saturated carbocycles. The van der Waals surface area contributed by atoms with Crippen molar-refractivity contribution in [3.05, 3.63) is 72.2 Å². The molecular formula is C18H21F3IN3O. The molecule has 142 valence electrons. The highest BCUT2D eigenvalue weighted by atomic mass is 127. The smallest absolute Gasteiger partial charge is 0.416 e. The van der Waals surface area contributed by atoms with Gasteiger partial charge in [0.2, 0.25) is 0 Å². The van der Waals surface area contributed by atoms with E-state index in [1.54, 1.807) is 12.3 Å². The lowest BCUT2D eigenvalue weighted by atomic mass is 10.1. The summed E-state index contributed by atoms with van der Waals surface area (Å²) in [4.78, 5) is 4.38. The third-order valence-electron chi connectivity index (χ3n) is 3.36. The summed E-state index contributed by atoms with van der Waals surface area (Å²) in [5.41, 5.74) is 0.0283. The number of alkyl halides is 3. The van der Waals surface area contributed by atoms with Crippen LogP contribution >= 0.6 is 24.0 Å². The van der Waals surface area contributed by atoms with Crippen molar-refractivity contribution >= 4 is 29.9 Å². The average Bonchev–Trinajstić information content (AvgIpc) is 3.10. The van der Waals surface area contributed by atoms with E-state index in [9.17, 15) is 13.2 Å². The Hall–Kier alpha value is -1.97. The predicted octanol–water partition coefficient (Wildman–Crippen LogP) is 4.38. The highest BCUT2D eigenvalue weighted by molar-refractivity contribution is 14.0. The highest BCUT2D eigenvalue weighted by Gasteiger charge is 2.29. The van der Waals surface area contributed by atoms with Crippen LogP contribution in [0.4, 0.5) is 13.2 Å². The summed E-state index contributed by atoms with van der Waals surface area (Å²) >= 11 is 0. The molecule has 0 spiro atoms. The lowest BCUT2D eigenvalue weighted by molar-refractivity contribution is -0.137. The summed E-state index contributed by atoms with van der Waals surface area (Å²) in [5, 5.41) is 6.22. The van der Waals surface area contributed by atoms with E-state index in [-0.39, 0.29) is 30.5 Å². The molecule has 0 radical (unpaired) electrons. The van der Waals surface area contributed by atoms with Crippen LogP contribution in [0.25, 0.3) is 0 Å². The fraction of sp³-hybridized carbons (Fsp3) is 0.278. The SMILES string of the molecule is C=CCNC(=NCc1ccc(C(F)(F)F)cc1)NCCc1ccco1.I. The first kappa shape index (κ1) is 22.1. The van der Waals surface area contributed by atoms with Gasteiger partial charge in [0.05, 0.1) is 18.4 Å². The maximum absolute atomic E-state index is 12.6. The van der Waals surface area contributed by atoms with Crippen molar-refractivity contribution in [2.45, 2.75) is 19.1 Å². The molecule has 26 heavy (non-hydrogen) atoms. The van der Waals surface area contributed by atoms with Crippen molar-refractivity contribution in [1.29, 1.82) is 0 Å². The van der Waals surface area contributed by atoms with E-state index in [0.29, 0.717) is 31.0 Å². The zero-order valence-electron chi connectivity index (χ0n) is 14.1. The Labute approximate surface area is 167 Å². The molecule has 1 heterocycles. The number of rotatable bonds is 7. The summed E-state index contributed by atoms with van der Waals surface area (Å²) < 4.78 is 42.9. The highest BCUT2D eigenvalue weighted by Crippen LogP contribution is 2.29. The lowest BCUT2D eigenvalue weighted by Crippen LogP contribution is -2.38. The van der Waals surface area contributed by atoms with Crippen LogP contribution in [-0.2, 0) is 19.1 Å². The minimum absolute atomic E-state index is 0. The van der Waals surface area contributed by atoms with Gasteiger partial charge in [0, 0.05) is 19.5 Å². The molecule has 0 unspecified atom stereocenters. The number of benzene rings is 1. The van der Waals surface area contributed by atoms with Crippen molar-refractivity contribution in [2.75, 3.05) is 13.1 Å². The Bertz CT molecular complexity index is 683. The zero-order chi connectivity index (χ0) is 18.1. The minimum Gasteiger partial charge on any atom is -0.469 e. The van der Waals surface area contributed by atoms with E-state index in [1.807, 2.05) is 12.1 Å². The van der Waals surface area contributed by atoms with Crippen LogP contribution in [0.2, 0.25) is 0 Å². The van der Waals surface area contributed by atoms with E-state index >= 15 is 0 Å². The first-order valence-corrected chi connectivity index (χ1v) is 7.80. The van der Waals surface area contributed by atoms with Crippen molar-refractivity contribution in [2.24, 2.45) is 4.99 Å². The molecule has 0 aliphatic carbocycles. The van der Waals surface area contributed by atoms with Gasteiger partial charge in [-0.25, -0.2) is 4.99 Å². The fourth-order valence-corrected chi connectivity index (χ4v) is 2.07. The molecule has 1 aromatic heterocycles. The molecule has 2 aromatic rings. The molecule has 0 atom stereocenters.